The number of halogens is 1. The van der Waals surface area contributed by atoms with Crippen LogP contribution in [0.15, 0.2) is 41.8 Å². The highest BCUT2D eigenvalue weighted by Crippen LogP contribution is 2.18. The fraction of sp³-hybridized carbons (Fsp3) is 0.0833. The fourth-order valence-corrected chi connectivity index (χ4v) is 3.06. The van der Waals surface area contributed by atoms with Crippen molar-refractivity contribution >= 4 is 33.0 Å². The third kappa shape index (κ3) is 2.81. The molecular formula is C12H10ClN5O2S. The number of nitrogens with zero attached hydrogens (tertiary/aromatic N) is 4. The zero-order valence-electron chi connectivity index (χ0n) is 10.9. The number of aromatic nitrogens is 4. The van der Waals surface area contributed by atoms with Crippen molar-refractivity contribution in [3.8, 4) is 0 Å². The molecule has 0 saturated carbocycles. The Kier molecular flexibility index (Phi) is 3.26. The minimum Gasteiger partial charge on any atom is -0.276 e. The number of pyridine rings is 1. The van der Waals surface area contributed by atoms with E-state index >= 15 is 0 Å². The largest absolute Gasteiger partial charge is 0.276 e. The number of hydrogen-bond donors (Lipinski definition) is 1. The number of anilines is 1. The molecule has 1 N–H and O–H groups in total. The number of sulfonamides is 1. The Hall–Kier alpha value is -2.19. The first-order valence-corrected chi connectivity index (χ1v) is 7.75. The van der Waals surface area contributed by atoms with E-state index in [1.54, 1.807) is 12.3 Å². The molecule has 3 rings (SSSR count). The van der Waals surface area contributed by atoms with Crippen LogP contribution >= 0.6 is 11.6 Å². The van der Waals surface area contributed by atoms with Gasteiger partial charge in [0.1, 0.15) is 4.90 Å². The Labute approximate surface area is 125 Å². The summed E-state index contributed by atoms with van der Waals surface area (Å²) < 4.78 is 28.4. The summed E-state index contributed by atoms with van der Waals surface area (Å²) in [6, 6.07) is 3.11. The van der Waals surface area contributed by atoms with Crippen molar-refractivity contribution in [3.05, 3.63) is 47.6 Å². The molecular weight excluding hydrogens is 314 g/mol. The summed E-state index contributed by atoms with van der Waals surface area (Å²) in [5.41, 5.74) is 1.73. The van der Waals surface area contributed by atoms with Crippen LogP contribution in [0.25, 0.3) is 5.65 Å². The van der Waals surface area contributed by atoms with Crippen LogP contribution in [0.1, 0.15) is 5.69 Å². The van der Waals surface area contributed by atoms with Crippen molar-refractivity contribution in [1.29, 1.82) is 0 Å². The van der Waals surface area contributed by atoms with E-state index in [1.807, 2.05) is 6.92 Å². The number of rotatable bonds is 3. The molecule has 0 aliphatic carbocycles. The van der Waals surface area contributed by atoms with Gasteiger partial charge in [-0.15, -0.1) is 0 Å². The van der Waals surface area contributed by atoms with Crippen LogP contribution in [-0.2, 0) is 10.0 Å². The first kappa shape index (κ1) is 13.8. The van der Waals surface area contributed by atoms with Gasteiger partial charge in [-0.1, -0.05) is 11.6 Å². The Balaban J connectivity index is 1.96. The minimum atomic E-state index is -3.78. The van der Waals surface area contributed by atoms with E-state index in [9.17, 15) is 8.42 Å². The average molecular weight is 324 g/mol. The SMILES string of the molecule is Cc1cc2ncc(NS(=O)(=O)c3cncc(Cl)c3)cn2n1. The molecule has 0 aliphatic heterocycles. The summed E-state index contributed by atoms with van der Waals surface area (Å²) in [5.74, 6) is 0. The summed E-state index contributed by atoms with van der Waals surface area (Å²) >= 11 is 5.75. The van der Waals surface area contributed by atoms with Gasteiger partial charge in [-0.05, 0) is 13.0 Å². The maximum atomic E-state index is 12.2. The lowest BCUT2D eigenvalue weighted by Gasteiger charge is -2.07. The molecule has 0 radical (unpaired) electrons. The van der Waals surface area contributed by atoms with E-state index in [4.69, 9.17) is 11.6 Å². The fourth-order valence-electron chi connectivity index (χ4n) is 1.80. The topological polar surface area (TPSA) is 89.2 Å². The van der Waals surface area contributed by atoms with Crippen LogP contribution in [0.2, 0.25) is 5.02 Å². The third-order valence-corrected chi connectivity index (χ3v) is 4.23. The van der Waals surface area contributed by atoms with Gasteiger partial charge >= 0.3 is 0 Å². The molecule has 3 heterocycles. The molecule has 0 fully saturated rings. The van der Waals surface area contributed by atoms with Crippen molar-refractivity contribution in [2.75, 3.05) is 4.72 Å². The maximum absolute atomic E-state index is 12.2. The average Bonchev–Trinajstić information content (AvgIpc) is 2.77. The van der Waals surface area contributed by atoms with E-state index in [0.29, 0.717) is 11.3 Å². The number of fused-ring (bicyclic) bond motifs is 1. The first-order chi connectivity index (χ1) is 9.94. The van der Waals surface area contributed by atoms with Gasteiger partial charge in [0.05, 0.1) is 28.8 Å². The van der Waals surface area contributed by atoms with E-state index in [0.717, 1.165) is 5.69 Å². The van der Waals surface area contributed by atoms with Gasteiger partial charge in [0.2, 0.25) is 0 Å². The van der Waals surface area contributed by atoms with Gasteiger partial charge in [0.15, 0.2) is 5.65 Å². The molecule has 3 aromatic heterocycles. The molecule has 0 spiro atoms. The van der Waals surface area contributed by atoms with Crippen LogP contribution in [0, 0.1) is 6.92 Å². The Morgan fingerprint density at radius 2 is 2.05 bits per heavy atom. The van der Waals surface area contributed by atoms with Crippen molar-refractivity contribution < 1.29 is 8.42 Å². The standard InChI is InChI=1S/C12H10ClN5O2S/c1-8-2-12-15-5-10(7-18(12)16-8)17-21(19,20)11-3-9(13)4-14-6-11/h2-7,17H,1H3. The normalized spacial score (nSPS) is 11.7. The molecule has 0 amide bonds. The Morgan fingerprint density at radius 3 is 2.81 bits per heavy atom. The Bertz CT molecular complexity index is 922. The van der Waals surface area contributed by atoms with Crippen molar-refractivity contribution in [1.82, 2.24) is 19.6 Å². The molecule has 0 unspecified atom stereocenters. The van der Waals surface area contributed by atoms with E-state index in [1.165, 1.54) is 29.2 Å². The summed E-state index contributed by atoms with van der Waals surface area (Å²) in [7, 11) is -3.78. The van der Waals surface area contributed by atoms with E-state index in [-0.39, 0.29) is 9.92 Å². The summed E-state index contributed by atoms with van der Waals surface area (Å²) in [5, 5.41) is 4.42. The van der Waals surface area contributed by atoms with Crippen LogP contribution in [0.5, 0.6) is 0 Å². The highest BCUT2D eigenvalue weighted by Gasteiger charge is 2.16. The number of hydrogen-bond acceptors (Lipinski definition) is 5. The lowest BCUT2D eigenvalue weighted by atomic mass is 10.5. The molecule has 0 aromatic carbocycles. The van der Waals surface area contributed by atoms with Crippen molar-refractivity contribution in [3.63, 3.8) is 0 Å². The van der Waals surface area contributed by atoms with E-state index in [2.05, 4.69) is 19.8 Å². The van der Waals surface area contributed by atoms with Gasteiger partial charge in [-0.3, -0.25) is 9.71 Å². The number of aryl methyl sites for hydroxylation is 1. The van der Waals surface area contributed by atoms with Crippen LogP contribution in [-0.4, -0.2) is 28.0 Å². The van der Waals surface area contributed by atoms with Gasteiger partial charge < -0.3 is 0 Å². The van der Waals surface area contributed by atoms with Crippen LogP contribution in [0.4, 0.5) is 5.69 Å². The smallest absolute Gasteiger partial charge is 0.263 e. The third-order valence-electron chi connectivity index (χ3n) is 2.68. The molecule has 7 nitrogen and oxygen atoms in total. The summed E-state index contributed by atoms with van der Waals surface area (Å²) in [6.45, 7) is 1.83. The lowest BCUT2D eigenvalue weighted by Crippen LogP contribution is -2.14. The highest BCUT2D eigenvalue weighted by atomic mass is 35.5. The zero-order chi connectivity index (χ0) is 15.0. The van der Waals surface area contributed by atoms with Gasteiger partial charge in [0, 0.05) is 18.5 Å². The van der Waals surface area contributed by atoms with E-state index < -0.39 is 10.0 Å². The first-order valence-electron chi connectivity index (χ1n) is 5.89. The molecule has 0 aliphatic rings. The molecule has 0 atom stereocenters. The Morgan fingerprint density at radius 1 is 1.24 bits per heavy atom. The second-order valence-corrected chi connectivity index (χ2v) is 6.49. The lowest BCUT2D eigenvalue weighted by molar-refractivity contribution is 0.600. The molecule has 108 valence electrons. The second-order valence-electron chi connectivity index (χ2n) is 4.38. The van der Waals surface area contributed by atoms with Crippen molar-refractivity contribution in [2.45, 2.75) is 11.8 Å². The second kappa shape index (κ2) is 4.97. The summed E-state index contributed by atoms with van der Waals surface area (Å²) in [4.78, 5) is 7.87. The molecule has 0 saturated heterocycles. The molecule has 9 heteroatoms. The molecule has 0 bridgehead atoms. The predicted octanol–water partition coefficient (Wildman–Crippen LogP) is 1.89. The quantitative estimate of drug-likeness (QED) is 0.795. The van der Waals surface area contributed by atoms with Crippen LogP contribution in [0.3, 0.4) is 0 Å². The zero-order valence-corrected chi connectivity index (χ0v) is 12.4. The monoisotopic (exact) mass is 323 g/mol. The minimum absolute atomic E-state index is 0.0215. The van der Waals surface area contributed by atoms with Crippen LogP contribution < -0.4 is 4.72 Å². The number of nitrogens with one attached hydrogen (secondary N) is 1. The van der Waals surface area contributed by atoms with Gasteiger partial charge in [0.25, 0.3) is 10.0 Å². The maximum Gasteiger partial charge on any atom is 0.263 e. The van der Waals surface area contributed by atoms with Gasteiger partial charge in [-0.25, -0.2) is 17.9 Å². The molecule has 3 aromatic rings. The van der Waals surface area contributed by atoms with Crippen molar-refractivity contribution in [2.24, 2.45) is 0 Å². The van der Waals surface area contributed by atoms with Gasteiger partial charge in [-0.2, -0.15) is 5.10 Å². The predicted molar refractivity (Wildman–Crippen MR) is 77.8 cm³/mol. The highest BCUT2D eigenvalue weighted by molar-refractivity contribution is 7.92. The molecule has 21 heavy (non-hydrogen) atoms. The summed E-state index contributed by atoms with van der Waals surface area (Å²) in [6.07, 6.45) is 5.55.